The maximum atomic E-state index is 10.9. The molecule has 1 aromatic rings. The maximum Gasteiger partial charge on any atom is 0.216 e. The van der Waals surface area contributed by atoms with Crippen molar-refractivity contribution in [2.75, 3.05) is 24.5 Å². The molecule has 0 aromatic heterocycles. The largest absolute Gasteiger partial charge is 0.389 e. The lowest BCUT2D eigenvalue weighted by Gasteiger charge is -2.35. The molecule has 1 aromatic carbocycles. The van der Waals surface area contributed by atoms with Gasteiger partial charge in [0.15, 0.2) is 0 Å². The minimum atomic E-state index is -0.441. The molecule has 1 amide bonds. The van der Waals surface area contributed by atoms with E-state index in [1.165, 1.54) is 0 Å². The Kier molecular flexibility index (Phi) is 5.01. The van der Waals surface area contributed by atoms with Gasteiger partial charge in [-0.05, 0) is 31.7 Å². The Morgan fingerprint density at radius 3 is 2.65 bits per heavy atom. The summed E-state index contributed by atoms with van der Waals surface area (Å²) in [5, 5.41) is 12.8. The minimum absolute atomic E-state index is 0.0480. The van der Waals surface area contributed by atoms with E-state index in [0.29, 0.717) is 5.92 Å². The number of piperidine rings is 1. The van der Waals surface area contributed by atoms with Crippen molar-refractivity contribution in [3.63, 3.8) is 0 Å². The minimum Gasteiger partial charge on any atom is -0.389 e. The molecule has 1 aliphatic heterocycles. The fraction of sp³-hybridized carbons (Fsp3) is 0.562. The molecule has 0 saturated carbocycles. The molecule has 0 radical (unpaired) electrons. The molecule has 110 valence electrons. The van der Waals surface area contributed by atoms with Crippen LogP contribution in [0.2, 0.25) is 0 Å². The predicted octanol–water partition coefficient (Wildman–Crippen LogP) is 2.09. The van der Waals surface area contributed by atoms with Gasteiger partial charge in [-0.25, -0.2) is 0 Å². The van der Waals surface area contributed by atoms with Gasteiger partial charge < -0.3 is 15.3 Å². The van der Waals surface area contributed by atoms with Crippen LogP contribution in [0.5, 0.6) is 0 Å². The molecule has 0 aliphatic carbocycles. The fourth-order valence-electron chi connectivity index (χ4n) is 2.79. The summed E-state index contributed by atoms with van der Waals surface area (Å²) < 4.78 is 0. The molecule has 20 heavy (non-hydrogen) atoms. The van der Waals surface area contributed by atoms with Crippen LogP contribution in [0, 0.1) is 5.92 Å². The monoisotopic (exact) mass is 276 g/mol. The first kappa shape index (κ1) is 14.9. The van der Waals surface area contributed by atoms with E-state index < -0.39 is 6.10 Å². The number of anilines is 1. The summed E-state index contributed by atoms with van der Waals surface area (Å²) in [7, 11) is 0. The van der Waals surface area contributed by atoms with Gasteiger partial charge in [0.2, 0.25) is 5.91 Å². The van der Waals surface area contributed by atoms with E-state index in [2.05, 4.69) is 16.3 Å². The average molecular weight is 276 g/mol. The molecular weight excluding hydrogens is 252 g/mol. The number of rotatable bonds is 4. The third-order valence-corrected chi connectivity index (χ3v) is 3.98. The zero-order valence-electron chi connectivity index (χ0n) is 12.3. The van der Waals surface area contributed by atoms with E-state index in [4.69, 9.17) is 0 Å². The van der Waals surface area contributed by atoms with Gasteiger partial charge in [0.05, 0.1) is 6.10 Å². The number of hydrogen-bond donors (Lipinski definition) is 2. The third kappa shape index (κ3) is 3.73. The number of aliphatic hydroxyl groups excluding tert-OH is 1. The normalized spacial score (nSPS) is 17.9. The Morgan fingerprint density at radius 2 is 2.05 bits per heavy atom. The van der Waals surface area contributed by atoms with Crippen molar-refractivity contribution in [2.24, 2.45) is 5.92 Å². The van der Waals surface area contributed by atoms with Crippen molar-refractivity contribution in [1.29, 1.82) is 0 Å². The van der Waals surface area contributed by atoms with Gasteiger partial charge in [0.1, 0.15) is 0 Å². The van der Waals surface area contributed by atoms with Crippen LogP contribution in [0.15, 0.2) is 24.3 Å². The van der Waals surface area contributed by atoms with Crippen LogP contribution >= 0.6 is 0 Å². The van der Waals surface area contributed by atoms with Gasteiger partial charge in [-0.2, -0.15) is 0 Å². The number of aliphatic hydroxyl groups is 1. The van der Waals surface area contributed by atoms with Gasteiger partial charge in [-0.3, -0.25) is 4.79 Å². The van der Waals surface area contributed by atoms with Crippen molar-refractivity contribution < 1.29 is 9.90 Å². The molecule has 4 heteroatoms. The highest BCUT2D eigenvalue weighted by Gasteiger charge is 2.21. The zero-order chi connectivity index (χ0) is 14.5. The number of carbonyl (C=O) groups is 1. The second-order valence-corrected chi connectivity index (χ2v) is 5.60. The quantitative estimate of drug-likeness (QED) is 0.885. The summed E-state index contributed by atoms with van der Waals surface area (Å²) in [6.45, 7) is 6.11. The van der Waals surface area contributed by atoms with Crippen LogP contribution in [-0.4, -0.2) is 30.6 Å². The summed E-state index contributed by atoms with van der Waals surface area (Å²) in [5.74, 6) is 0.612. The standard InChI is InChI=1S/C16H24N2O2/c1-12(19)15-5-3-4-6-16(15)18-9-7-14(8-10-18)11-17-13(2)20/h3-6,12,14,19H,7-11H2,1-2H3,(H,17,20)/t12-/m0/s1. The van der Waals surface area contributed by atoms with E-state index in [1.807, 2.05) is 25.1 Å². The Balaban J connectivity index is 1.95. The second kappa shape index (κ2) is 6.75. The zero-order valence-corrected chi connectivity index (χ0v) is 12.3. The summed E-state index contributed by atoms with van der Waals surface area (Å²) in [5.41, 5.74) is 2.13. The van der Waals surface area contributed by atoms with Crippen molar-refractivity contribution in [3.8, 4) is 0 Å². The molecule has 0 spiro atoms. The number of hydrogen-bond acceptors (Lipinski definition) is 3. The van der Waals surface area contributed by atoms with Crippen LogP contribution in [-0.2, 0) is 4.79 Å². The van der Waals surface area contributed by atoms with Crippen LogP contribution in [0.4, 0.5) is 5.69 Å². The van der Waals surface area contributed by atoms with Crippen LogP contribution in [0.25, 0.3) is 0 Å². The topological polar surface area (TPSA) is 52.6 Å². The number of nitrogens with one attached hydrogen (secondary N) is 1. The molecular formula is C16H24N2O2. The fourth-order valence-corrected chi connectivity index (χ4v) is 2.79. The highest BCUT2D eigenvalue weighted by Crippen LogP contribution is 2.29. The SMILES string of the molecule is CC(=O)NCC1CCN(c2ccccc2[C@H](C)O)CC1. The molecule has 1 saturated heterocycles. The number of para-hydroxylation sites is 1. The Labute approximate surface area is 120 Å². The first-order chi connectivity index (χ1) is 9.58. The van der Waals surface area contributed by atoms with Crippen molar-refractivity contribution in [1.82, 2.24) is 5.32 Å². The summed E-state index contributed by atoms with van der Waals surface area (Å²) in [6.07, 6.45) is 1.71. The number of amides is 1. The summed E-state index contributed by atoms with van der Waals surface area (Å²) in [4.78, 5) is 13.3. The molecule has 1 heterocycles. The Morgan fingerprint density at radius 1 is 1.40 bits per heavy atom. The molecule has 2 rings (SSSR count). The molecule has 1 atom stereocenters. The van der Waals surface area contributed by atoms with Crippen molar-refractivity contribution >= 4 is 11.6 Å². The van der Waals surface area contributed by atoms with Crippen molar-refractivity contribution in [2.45, 2.75) is 32.8 Å². The number of nitrogens with zero attached hydrogens (tertiary/aromatic N) is 1. The van der Waals surface area contributed by atoms with Crippen LogP contribution in [0.1, 0.15) is 38.4 Å². The molecule has 1 fully saturated rings. The number of carbonyl (C=O) groups excluding carboxylic acids is 1. The lowest BCUT2D eigenvalue weighted by atomic mass is 9.95. The van der Waals surface area contributed by atoms with Gasteiger partial charge in [0, 0.05) is 37.8 Å². The Bertz CT molecular complexity index is 452. The van der Waals surface area contributed by atoms with Gasteiger partial charge in [-0.1, -0.05) is 18.2 Å². The van der Waals surface area contributed by atoms with E-state index in [-0.39, 0.29) is 5.91 Å². The average Bonchev–Trinajstić information content (AvgIpc) is 2.45. The van der Waals surface area contributed by atoms with E-state index in [1.54, 1.807) is 6.92 Å². The summed E-state index contributed by atoms with van der Waals surface area (Å²) >= 11 is 0. The molecule has 4 nitrogen and oxygen atoms in total. The lowest BCUT2D eigenvalue weighted by Crippen LogP contribution is -2.38. The highest BCUT2D eigenvalue weighted by molar-refractivity contribution is 5.72. The summed E-state index contributed by atoms with van der Waals surface area (Å²) in [6, 6.07) is 8.05. The molecule has 0 bridgehead atoms. The molecule has 2 N–H and O–H groups in total. The highest BCUT2D eigenvalue weighted by atomic mass is 16.3. The predicted molar refractivity (Wildman–Crippen MR) is 80.7 cm³/mol. The number of benzene rings is 1. The lowest BCUT2D eigenvalue weighted by molar-refractivity contribution is -0.119. The molecule has 0 unspecified atom stereocenters. The van der Waals surface area contributed by atoms with E-state index in [0.717, 1.165) is 43.7 Å². The van der Waals surface area contributed by atoms with Crippen LogP contribution < -0.4 is 10.2 Å². The third-order valence-electron chi connectivity index (χ3n) is 3.98. The van der Waals surface area contributed by atoms with Gasteiger partial charge >= 0.3 is 0 Å². The van der Waals surface area contributed by atoms with Crippen LogP contribution in [0.3, 0.4) is 0 Å². The van der Waals surface area contributed by atoms with E-state index >= 15 is 0 Å². The second-order valence-electron chi connectivity index (χ2n) is 5.60. The van der Waals surface area contributed by atoms with Gasteiger partial charge in [0.25, 0.3) is 0 Å². The van der Waals surface area contributed by atoms with Gasteiger partial charge in [-0.15, -0.1) is 0 Å². The first-order valence-electron chi connectivity index (χ1n) is 7.34. The maximum absolute atomic E-state index is 10.9. The smallest absolute Gasteiger partial charge is 0.216 e. The Hall–Kier alpha value is -1.55. The van der Waals surface area contributed by atoms with E-state index in [9.17, 15) is 9.90 Å². The molecule has 1 aliphatic rings. The first-order valence-corrected chi connectivity index (χ1v) is 7.34. The van der Waals surface area contributed by atoms with Crippen molar-refractivity contribution in [3.05, 3.63) is 29.8 Å².